The Hall–Kier alpha value is -2.71. The standard InChI is InChI=1S/C35H49O4P/c1-7-9-17-23-34(3,4)31-25-28(26-32(33(31)36)35(5,6)24-18-10-8-2)27-40(37,38-29-19-13-11-14-20-29)39-30-21-15-12-16-22-30/h11-16,19-22,25-26,36H,7-10,17-18,23-24,27H2,1-6H3. The van der Waals surface area contributed by atoms with Crippen LogP contribution < -0.4 is 9.05 Å². The highest BCUT2D eigenvalue weighted by atomic mass is 31.2. The molecule has 0 unspecified atom stereocenters. The van der Waals surface area contributed by atoms with Gasteiger partial charge >= 0.3 is 7.60 Å². The maximum atomic E-state index is 14.4. The Balaban J connectivity index is 2.09. The summed E-state index contributed by atoms with van der Waals surface area (Å²) in [4.78, 5) is 0. The van der Waals surface area contributed by atoms with Crippen LogP contribution in [0.25, 0.3) is 0 Å². The molecule has 0 amide bonds. The fourth-order valence-corrected chi connectivity index (χ4v) is 6.99. The van der Waals surface area contributed by atoms with Gasteiger partial charge in [-0.1, -0.05) is 129 Å². The molecular formula is C35H49O4P. The Morgan fingerprint density at radius 2 is 1.07 bits per heavy atom. The van der Waals surface area contributed by atoms with Gasteiger partial charge in [-0.05, 0) is 53.5 Å². The number of benzene rings is 3. The quantitative estimate of drug-likeness (QED) is 0.139. The molecule has 40 heavy (non-hydrogen) atoms. The highest BCUT2D eigenvalue weighted by molar-refractivity contribution is 7.53. The molecule has 0 fully saturated rings. The van der Waals surface area contributed by atoms with E-state index >= 15 is 0 Å². The first-order valence-electron chi connectivity index (χ1n) is 14.9. The first-order chi connectivity index (χ1) is 19.0. The van der Waals surface area contributed by atoms with Crippen LogP contribution in [0.15, 0.2) is 72.8 Å². The van der Waals surface area contributed by atoms with Gasteiger partial charge in [-0.2, -0.15) is 0 Å². The van der Waals surface area contributed by atoms with E-state index < -0.39 is 7.60 Å². The van der Waals surface area contributed by atoms with Crippen molar-refractivity contribution in [3.05, 3.63) is 89.5 Å². The molecule has 0 heterocycles. The summed E-state index contributed by atoms with van der Waals surface area (Å²) in [5.74, 6) is 1.37. The highest BCUT2D eigenvalue weighted by Gasteiger charge is 2.34. The lowest BCUT2D eigenvalue weighted by atomic mass is 9.73. The van der Waals surface area contributed by atoms with Crippen LogP contribution in [0.1, 0.15) is 110 Å². The summed E-state index contributed by atoms with van der Waals surface area (Å²) < 4.78 is 26.7. The summed E-state index contributed by atoms with van der Waals surface area (Å²) in [5, 5.41) is 11.7. The zero-order valence-electron chi connectivity index (χ0n) is 25.4. The highest BCUT2D eigenvalue weighted by Crippen LogP contribution is 2.53. The number of rotatable bonds is 16. The molecule has 0 aliphatic heterocycles. The van der Waals surface area contributed by atoms with E-state index in [4.69, 9.17) is 9.05 Å². The lowest BCUT2D eigenvalue weighted by molar-refractivity contribution is 0.376. The Morgan fingerprint density at radius 1 is 0.675 bits per heavy atom. The van der Waals surface area contributed by atoms with E-state index in [0.717, 1.165) is 68.1 Å². The van der Waals surface area contributed by atoms with Crippen LogP contribution >= 0.6 is 7.60 Å². The van der Waals surface area contributed by atoms with E-state index in [9.17, 15) is 9.67 Å². The molecule has 0 radical (unpaired) electrons. The molecule has 0 aliphatic carbocycles. The number of para-hydroxylation sites is 2. The molecule has 3 rings (SSSR count). The van der Waals surface area contributed by atoms with Gasteiger partial charge in [-0.3, -0.25) is 0 Å². The van der Waals surface area contributed by atoms with E-state index in [2.05, 4.69) is 41.5 Å². The van der Waals surface area contributed by atoms with Crippen molar-refractivity contribution < 1.29 is 18.7 Å². The summed E-state index contributed by atoms with van der Waals surface area (Å²) in [6, 6.07) is 22.5. The molecule has 0 aliphatic rings. The van der Waals surface area contributed by atoms with Crippen molar-refractivity contribution >= 4 is 7.60 Å². The van der Waals surface area contributed by atoms with Crippen molar-refractivity contribution in [2.45, 2.75) is 110 Å². The summed E-state index contributed by atoms with van der Waals surface area (Å²) >= 11 is 0. The molecule has 5 heteroatoms. The predicted molar refractivity (Wildman–Crippen MR) is 168 cm³/mol. The molecule has 218 valence electrons. The lowest BCUT2D eigenvalue weighted by Gasteiger charge is -2.33. The molecule has 1 N–H and O–H groups in total. The Morgan fingerprint density at radius 3 is 1.45 bits per heavy atom. The first-order valence-corrected chi connectivity index (χ1v) is 16.7. The smallest absolute Gasteiger partial charge is 0.435 e. The fourth-order valence-electron chi connectivity index (χ4n) is 5.31. The van der Waals surface area contributed by atoms with Crippen molar-refractivity contribution in [1.82, 2.24) is 0 Å². The number of unbranched alkanes of at least 4 members (excludes halogenated alkanes) is 4. The lowest BCUT2D eigenvalue weighted by Crippen LogP contribution is -2.23. The molecule has 0 bridgehead atoms. The van der Waals surface area contributed by atoms with Crippen molar-refractivity contribution in [3.63, 3.8) is 0 Å². The van der Waals surface area contributed by atoms with E-state index in [1.165, 1.54) is 0 Å². The van der Waals surface area contributed by atoms with E-state index in [-0.39, 0.29) is 17.0 Å². The Kier molecular flexibility index (Phi) is 11.3. The zero-order valence-corrected chi connectivity index (χ0v) is 26.3. The molecule has 3 aromatic rings. The zero-order chi connectivity index (χ0) is 29.2. The summed E-state index contributed by atoms with van der Waals surface area (Å²) in [5.41, 5.74) is 2.18. The second kappa shape index (κ2) is 14.3. The van der Waals surface area contributed by atoms with Gasteiger partial charge in [0, 0.05) is 11.1 Å². The van der Waals surface area contributed by atoms with Gasteiger partial charge in [0.1, 0.15) is 17.2 Å². The van der Waals surface area contributed by atoms with Crippen LogP contribution in [0.4, 0.5) is 0 Å². The molecule has 4 nitrogen and oxygen atoms in total. The predicted octanol–water partition coefficient (Wildman–Crippen LogP) is 11.0. The maximum Gasteiger partial charge on any atom is 0.435 e. The number of phenols is 1. The Labute approximate surface area is 242 Å². The topological polar surface area (TPSA) is 55.8 Å². The number of phenolic OH excluding ortho intramolecular Hbond substituents is 1. The third kappa shape index (κ3) is 8.90. The first kappa shape index (κ1) is 31.8. The van der Waals surface area contributed by atoms with Gasteiger partial charge in [-0.25, -0.2) is 4.57 Å². The summed E-state index contributed by atoms with van der Waals surface area (Å²) in [6.45, 7) is 13.2. The molecular weight excluding hydrogens is 515 g/mol. The third-order valence-corrected chi connectivity index (χ3v) is 9.52. The van der Waals surface area contributed by atoms with Crippen LogP contribution in [0.5, 0.6) is 17.2 Å². The fraction of sp³-hybridized carbons (Fsp3) is 0.486. The van der Waals surface area contributed by atoms with Gasteiger partial charge in [0.15, 0.2) is 0 Å². The number of hydrogen-bond donors (Lipinski definition) is 1. The summed E-state index contributed by atoms with van der Waals surface area (Å²) in [7, 11) is -3.68. The minimum atomic E-state index is -3.68. The van der Waals surface area contributed by atoms with E-state index in [1.807, 2.05) is 48.5 Å². The average molecular weight is 565 g/mol. The van der Waals surface area contributed by atoms with Gasteiger partial charge in [0.25, 0.3) is 0 Å². The monoisotopic (exact) mass is 564 g/mol. The minimum absolute atomic E-state index is 0.0904. The normalized spacial score (nSPS) is 12.3. The molecule has 0 saturated heterocycles. The molecule has 0 saturated carbocycles. The van der Waals surface area contributed by atoms with E-state index in [0.29, 0.717) is 17.2 Å². The van der Waals surface area contributed by atoms with Crippen LogP contribution in [-0.2, 0) is 21.6 Å². The molecule has 3 aromatic carbocycles. The molecule has 0 aromatic heterocycles. The van der Waals surface area contributed by atoms with Gasteiger partial charge in [-0.15, -0.1) is 0 Å². The van der Waals surface area contributed by atoms with Gasteiger partial charge < -0.3 is 14.2 Å². The second-order valence-corrected chi connectivity index (χ2v) is 14.2. The van der Waals surface area contributed by atoms with Crippen molar-refractivity contribution in [3.8, 4) is 17.2 Å². The number of aromatic hydroxyl groups is 1. The summed E-state index contributed by atoms with van der Waals surface area (Å²) in [6.07, 6.45) is 8.81. The largest absolute Gasteiger partial charge is 0.507 e. The molecule has 0 atom stereocenters. The third-order valence-electron chi connectivity index (χ3n) is 7.79. The van der Waals surface area contributed by atoms with Crippen molar-refractivity contribution in [2.24, 2.45) is 0 Å². The average Bonchev–Trinajstić information content (AvgIpc) is 2.90. The van der Waals surface area contributed by atoms with Crippen LogP contribution in [-0.4, -0.2) is 5.11 Å². The van der Waals surface area contributed by atoms with Crippen LogP contribution in [0, 0.1) is 0 Å². The van der Waals surface area contributed by atoms with Crippen molar-refractivity contribution in [1.29, 1.82) is 0 Å². The SMILES string of the molecule is CCCCCC(C)(C)c1cc(CP(=O)(Oc2ccccc2)Oc2ccccc2)cc(C(C)(C)CCCCC)c1O. The van der Waals surface area contributed by atoms with Crippen molar-refractivity contribution in [2.75, 3.05) is 0 Å². The Bertz CT molecular complexity index is 1150. The van der Waals surface area contributed by atoms with Gasteiger partial charge in [0.2, 0.25) is 0 Å². The number of hydrogen-bond acceptors (Lipinski definition) is 4. The minimum Gasteiger partial charge on any atom is -0.507 e. The maximum absolute atomic E-state index is 14.4. The van der Waals surface area contributed by atoms with E-state index in [1.54, 1.807) is 24.3 Å². The molecule has 0 spiro atoms. The van der Waals surface area contributed by atoms with Crippen LogP contribution in [0.3, 0.4) is 0 Å². The van der Waals surface area contributed by atoms with Gasteiger partial charge in [0.05, 0.1) is 6.16 Å². The second-order valence-electron chi connectivity index (χ2n) is 12.3. The van der Waals surface area contributed by atoms with Crippen LogP contribution in [0.2, 0.25) is 0 Å².